The van der Waals surface area contributed by atoms with E-state index in [1.807, 2.05) is 53.4 Å². The van der Waals surface area contributed by atoms with Crippen molar-refractivity contribution >= 4 is 11.6 Å². The zero-order valence-corrected chi connectivity index (χ0v) is 12.9. The van der Waals surface area contributed by atoms with Crippen LogP contribution in [0, 0.1) is 5.92 Å². The van der Waals surface area contributed by atoms with Gasteiger partial charge in [0.2, 0.25) is 5.91 Å². The van der Waals surface area contributed by atoms with Gasteiger partial charge in [0, 0.05) is 11.6 Å². The second kappa shape index (κ2) is 7.26. The number of rotatable bonds is 4. The molecule has 0 unspecified atom stereocenters. The summed E-state index contributed by atoms with van der Waals surface area (Å²) in [4.78, 5) is 15.0. The van der Waals surface area contributed by atoms with E-state index in [1.165, 1.54) is 24.8 Å². The Kier molecular flexibility index (Phi) is 4.89. The van der Waals surface area contributed by atoms with Crippen molar-refractivity contribution in [3.8, 4) is 0 Å². The Morgan fingerprint density at radius 1 is 0.864 bits per heavy atom. The maximum Gasteiger partial charge on any atom is 0.230 e. The predicted octanol–water partition coefficient (Wildman–Crippen LogP) is 4.80. The average molecular weight is 293 g/mol. The maximum atomic E-state index is 13.0. The molecule has 2 aromatic rings. The van der Waals surface area contributed by atoms with Gasteiger partial charge in [0.25, 0.3) is 0 Å². The number of amides is 1. The molecule has 0 aliphatic heterocycles. The monoisotopic (exact) mass is 293 g/mol. The molecule has 0 aromatic heterocycles. The fraction of sp³-hybridized carbons (Fsp3) is 0.350. The van der Waals surface area contributed by atoms with Crippen molar-refractivity contribution in [2.45, 2.75) is 38.6 Å². The number of carbonyl (C=O) groups is 1. The van der Waals surface area contributed by atoms with Gasteiger partial charge in [0.1, 0.15) is 0 Å². The molecule has 1 fully saturated rings. The normalized spacial score (nSPS) is 15.5. The van der Waals surface area contributed by atoms with Gasteiger partial charge >= 0.3 is 0 Å². The van der Waals surface area contributed by atoms with E-state index in [-0.39, 0.29) is 11.8 Å². The van der Waals surface area contributed by atoms with Crippen LogP contribution in [0.25, 0.3) is 0 Å². The van der Waals surface area contributed by atoms with E-state index in [9.17, 15) is 4.79 Å². The second-order valence-electron chi connectivity index (χ2n) is 6.08. The van der Waals surface area contributed by atoms with Crippen LogP contribution in [0.5, 0.6) is 0 Å². The fourth-order valence-corrected chi connectivity index (χ4v) is 3.24. The Hall–Kier alpha value is -2.09. The van der Waals surface area contributed by atoms with Gasteiger partial charge in [0.15, 0.2) is 0 Å². The number of para-hydroxylation sites is 1. The van der Waals surface area contributed by atoms with E-state index in [0.29, 0.717) is 6.54 Å². The highest BCUT2D eigenvalue weighted by Crippen LogP contribution is 2.28. The lowest BCUT2D eigenvalue weighted by molar-refractivity contribution is -0.123. The molecule has 0 N–H and O–H groups in total. The van der Waals surface area contributed by atoms with Crippen LogP contribution in [-0.2, 0) is 11.3 Å². The van der Waals surface area contributed by atoms with Gasteiger partial charge in [-0.25, -0.2) is 0 Å². The van der Waals surface area contributed by atoms with Crippen LogP contribution in [0.4, 0.5) is 5.69 Å². The lowest BCUT2D eigenvalue weighted by atomic mass is 9.88. The zero-order valence-electron chi connectivity index (χ0n) is 12.9. The summed E-state index contributed by atoms with van der Waals surface area (Å²) in [5.41, 5.74) is 2.18. The first-order chi connectivity index (χ1) is 10.8. The lowest BCUT2D eigenvalue weighted by Gasteiger charge is -2.29. The fourth-order valence-electron chi connectivity index (χ4n) is 3.24. The molecule has 0 bridgehead atoms. The van der Waals surface area contributed by atoms with Crippen molar-refractivity contribution in [3.05, 3.63) is 66.2 Å². The molecule has 1 amide bonds. The summed E-state index contributed by atoms with van der Waals surface area (Å²) in [6, 6.07) is 20.3. The first kappa shape index (κ1) is 14.8. The number of hydrogen-bond donors (Lipinski definition) is 0. The Labute approximate surface area is 132 Å². The van der Waals surface area contributed by atoms with E-state index in [0.717, 1.165) is 18.5 Å². The first-order valence-corrected chi connectivity index (χ1v) is 8.25. The molecule has 114 valence electrons. The summed E-state index contributed by atoms with van der Waals surface area (Å²) in [7, 11) is 0. The van der Waals surface area contributed by atoms with Crippen LogP contribution in [-0.4, -0.2) is 5.91 Å². The Balaban J connectivity index is 1.84. The Morgan fingerprint density at radius 3 is 2.09 bits per heavy atom. The molecule has 0 saturated heterocycles. The summed E-state index contributed by atoms with van der Waals surface area (Å²) in [6.45, 7) is 0.653. The number of benzene rings is 2. The average Bonchev–Trinajstić information content (AvgIpc) is 2.61. The van der Waals surface area contributed by atoms with Gasteiger partial charge in [-0.05, 0) is 30.5 Å². The van der Waals surface area contributed by atoms with Gasteiger partial charge < -0.3 is 4.90 Å². The number of nitrogens with zero attached hydrogens (tertiary/aromatic N) is 1. The molecule has 2 nitrogen and oxygen atoms in total. The summed E-state index contributed by atoms with van der Waals surface area (Å²) >= 11 is 0. The topological polar surface area (TPSA) is 20.3 Å². The smallest absolute Gasteiger partial charge is 0.230 e. The number of anilines is 1. The van der Waals surface area contributed by atoms with Crippen molar-refractivity contribution in [2.24, 2.45) is 5.92 Å². The highest BCUT2D eigenvalue weighted by Gasteiger charge is 2.26. The minimum atomic E-state index is 0.192. The SMILES string of the molecule is O=C(C1CCCCC1)N(Cc1ccccc1)c1ccccc1. The standard InChI is InChI=1S/C20H23NO/c22-20(18-12-6-2-7-13-18)21(19-14-8-3-9-15-19)16-17-10-4-1-5-11-17/h1,3-5,8-11,14-15,18H,2,6-7,12-13,16H2. The van der Waals surface area contributed by atoms with Crippen LogP contribution < -0.4 is 4.90 Å². The summed E-state index contributed by atoms with van der Waals surface area (Å²) < 4.78 is 0. The number of carbonyl (C=O) groups excluding carboxylic acids is 1. The maximum absolute atomic E-state index is 13.0. The van der Waals surface area contributed by atoms with Crippen molar-refractivity contribution in [1.29, 1.82) is 0 Å². The van der Waals surface area contributed by atoms with Gasteiger partial charge in [-0.2, -0.15) is 0 Å². The highest BCUT2D eigenvalue weighted by molar-refractivity contribution is 5.95. The van der Waals surface area contributed by atoms with Gasteiger partial charge in [-0.3, -0.25) is 4.79 Å². The van der Waals surface area contributed by atoms with E-state index in [2.05, 4.69) is 12.1 Å². The van der Waals surface area contributed by atoms with Crippen molar-refractivity contribution in [3.63, 3.8) is 0 Å². The van der Waals surface area contributed by atoms with Crippen LogP contribution in [0.2, 0.25) is 0 Å². The molecule has 1 saturated carbocycles. The summed E-state index contributed by atoms with van der Waals surface area (Å²) in [5.74, 6) is 0.479. The van der Waals surface area contributed by atoms with Gasteiger partial charge in [0.05, 0.1) is 6.54 Å². The third-order valence-electron chi connectivity index (χ3n) is 4.47. The highest BCUT2D eigenvalue weighted by atomic mass is 16.2. The van der Waals surface area contributed by atoms with Crippen LogP contribution in [0.1, 0.15) is 37.7 Å². The molecule has 22 heavy (non-hydrogen) atoms. The molecule has 3 rings (SSSR count). The van der Waals surface area contributed by atoms with Crippen LogP contribution in [0.15, 0.2) is 60.7 Å². The van der Waals surface area contributed by atoms with Crippen molar-refractivity contribution in [2.75, 3.05) is 4.90 Å². The van der Waals surface area contributed by atoms with E-state index >= 15 is 0 Å². The van der Waals surface area contributed by atoms with E-state index in [4.69, 9.17) is 0 Å². The minimum absolute atomic E-state index is 0.192. The molecule has 0 spiro atoms. The second-order valence-corrected chi connectivity index (χ2v) is 6.08. The number of hydrogen-bond acceptors (Lipinski definition) is 1. The molecule has 2 aromatic carbocycles. The quantitative estimate of drug-likeness (QED) is 0.793. The summed E-state index contributed by atoms with van der Waals surface area (Å²) in [6.07, 6.45) is 5.72. The van der Waals surface area contributed by atoms with Gasteiger partial charge in [-0.1, -0.05) is 67.8 Å². The molecule has 0 heterocycles. The Morgan fingerprint density at radius 2 is 1.45 bits per heavy atom. The molecule has 0 atom stereocenters. The molecule has 0 radical (unpaired) electrons. The largest absolute Gasteiger partial charge is 0.308 e. The predicted molar refractivity (Wildman–Crippen MR) is 90.6 cm³/mol. The molecule has 2 heteroatoms. The summed E-state index contributed by atoms with van der Waals surface area (Å²) in [5, 5.41) is 0. The first-order valence-electron chi connectivity index (χ1n) is 8.25. The van der Waals surface area contributed by atoms with Crippen molar-refractivity contribution in [1.82, 2.24) is 0 Å². The third-order valence-corrected chi connectivity index (χ3v) is 4.47. The lowest BCUT2D eigenvalue weighted by Crippen LogP contribution is -2.36. The van der Waals surface area contributed by atoms with Crippen LogP contribution in [0.3, 0.4) is 0 Å². The minimum Gasteiger partial charge on any atom is -0.308 e. The molecular formula is C20H23NO. The van der Waals surface area contributed by atoms with E-state index in [1.54, 1.807) is 0 Å². The Bertz CT molecular complexity index is 588. The molecule has 1 aliphatic carbocycles. The van der Waals surface area contributed by atoms with Crippen molar-refractivity contribution < 1.29 is 4.79 Å². The molecular weight excluding hydrogens is 270 g/mol. The molecule has 1 aliphatic rings. The van der Waals surface area contributed by atoms with Crippen LogP contribution >= 0.6 is 0 Å². The third kappa shape index (κ3) is 3.56. The van der Waals surface area contributed by atoms with Gasteiger partial charge in [-0.15, -0.1) is 0 Å². The van der Waals surface area contributed by atoms with E-state index < -0.39 is 0 Å². The zero-order chi connectivity index (χ0) is 15.2.